The van der Waals surface area contributed by atoms with Gasteiger partial charge in [0.1, 0.15) is 17.1 Å². The molecule has 10 heteroatoms. The average Bonchev–Trinajstić information content (AvgIpc) is 3.82. The second-order valence-electron chi connectivity index (χ2n) is 13.1. The molecule has 1 N–H and O–H groups in total. The number of phenolic OH excluding ortho intramolecular Hbond substituents is 1. The van der Waals surface area contributed by atoms with Crippen molar-refractivity contribution in [3.63, 3.8) is 0 Å². The number of Topliss-reactive ketones (excluding diaryl/α,β-unsaturated/α-hetero) is 1. The first-order valence-electron chi connectivity index (χ1n) is 15.2. The number of likely N-dealkylation sites (tertiary alicyclic amines) is 1. The molecule has 1 aliphatic carbocycles. The number of anilines is 1. The van der Waals surface area contributed by atoms with Gasteiger partial charge in [0, 0.05) is 36.8 Å². The predicted molar refractivity (Wildman–Crippen MR) is 163 cm³/mol. The number of fused-ring (bicyclic) bond motifs is 1. The Morgan fingerprint density at radius 2 is 1.73 bits per heavy atom. The molecule has 45 heavy (non-hydrogen) atoms. The number of rotatable bonds is 5. The Morgan fingerprint density at radius 3 is 2.42 bits per heavy atom. The number of carbonyl (C=O) groups excluding carboxylic acids is 3. The van der Waals surface area contributed by atoms with Gasteiger partial charge in [0.25, 0.3) is 0 Å². The van der Waals surface area contributed by atoms with Gasteiger partial charge in [0.05, 0.1) is 5.92 Å². The van der Waals surface area contributed by atoms with E-state index in [0.29, 0.717) is 24.2 Å². The largest absolute Gasteiger partial charge is 0.508 e. The number of hydrogen-bond donors (Lipinski definition) is 1. The van der Waals surface area contributed by atoms with Gasteiger partial charge in [-0.15, -0.1) is 0 Å². The average molecular weight is 619 g/mol. The van der Waals surface area contributed by atoms with Crippen LogP contribution in [0.1, 0.15) is 57.1 Å². The highest BCUT2D eigenvalue weighted by Gasteiger charge is 2.47. The number of carbonyl (C=O) groups is 3. The summed E-state index contributed by atoms with van der Waals surface area (Å²) in [7, 11) is 0. The van der Waals surface area contributed by atoms with Crippen LogP contribution in [0.5, 0.6) is 11.5 Å². The fourth-order valence-electron chi connectivity index (χ4n) is 6.15. The zero-order valence-corrected chi connectivity index (χ0v) is 25.5. The van der Waals surface area contributed by atoms with Crippen molar-refractivity contribution >= 4 is 23.5 Å². The number of ketones is 1. The lowest BCUT2D eigenvalue weighted by Gasteiger charge is -2.40. The van der Waals surface area contributed by atoms with Crippen LogP contribution >= 0.6 is 0 Å². The highest BCUT2D eigenvalue weighted by atomic mass is 19.3. The molecule has 0 aromatic heterocycles. The summed E-state index contributed by atoms with van der Waals surface area (Å²) in [4.78, 5) is 43.1. The Morgan fingerprint density at radius 1 is 1.00 bits per heavy atom. The minimum atomic E-state index is -3.88. The van der Waals surface area contributed by atoms with Crippen LogP contribution in [0, 0.1) is 5.92 Å². The summed E-state index contributed by atoms with van der Waals surface area (Å²) >= 11 is 0. The van der Waals surface area contributed by atoms with Gasteiger partial charge in [-0.1, -0.05) is 36.4 Å². The Bertz CT molecular complexity index is 1630. The Kier molecular flexibility index (Phi) is 7.79. The van der Waals surface area contributed by atoms with Crippen molar-refractivity contribution in [2.75, 3.05) is 18.0 Å². The first kappa shape index (κ1) is 30.6. The van der Waals surface area contributed by atoms with Crippen LogP contribution in [0.15, 0.2) is 66.7 Å². The smallest absolute Gasteiger partial charge is 0.461 e. The molecule has 2 amide bonds. The van der Waals surface area contributed by atoms with Crippen molar-refractivity contribution in [1.29, 1.82) is 0 Å². The molecule has 0 spiro atoms. The lowest BCUT2D eigenvalue weighted by Crippen LogP contribution is -2.51. The number of alkyl halides is 2. The van der Waals surface area contributed by atoms with E-state index in [-0.39, 0.29) is 35.9 Å². The summed E-state index contributed by atoms with van der Waals surface area (Å²) in [5, 5.41) is 9.75. The van der Waals surface area contributed by atoms with Crippen molar-refractivity contribution in [3.05, 3.63) is 77.9 Å². The molecule has 6 rings (SSSR count). The van der Waals surface area contributed by atoms with E-state index in [1.165, 1.54) is 6.07 Å². The van der Waals surface area contributed by atoms with Crippen molar-refractivity contribution in [1.82, 2.24) is 4.90 Å². The van der Waals surface area contributed by atoms with E-state index in [1.54, 1.807) is 54.8 Å². The third-order valence-electron chi connectivity index (χ3n) is 8.48. The van der Waals surface area contributed by atoms with Crippen LogP contribution in [0.25, 0.3) is 11.1 Å². The molecular weight excluding hydrogens is 582 g/mol. The third kappa shape index (κ3) is 6.50. The molecule has 236 valence electrons. The fourth-order valence-corrected chi connectivity index (χ4v) is 6.15. The molecule has 2 aliphatic heterocycles. The van der Waals surface area contributed by atoms with Crippen molar-refractivity contribution in [2.45, 2.75) is 70.1 Å². The Hall–Kier alpha value is -4.47. The maximum atomic E-state index is 14.6. The number of nitrogens with zero attached hydrogens (tertiary/aromatic N) is 2. The second kappa shape index (κ2) is 11.5. The number of aromatic hydroxyl groups is 1. The predicted octanol–water partition coefficient (Wildman–Crippen LogP) is 6.69. The minimum absolute atomic E-state index is 0.0794. The monoisotopic (exact) mass is 618 g/mol. The van der Waals surface area contributed by atoms with Gasteiger partial charge in [0.15, 0.2) is 0 Å². The molecular formula is C35H36F2N2O6. The van der Waals surface area contributed by atoms with E-state index < -0.39 is 35.9 Å². The molecule has 0 unspecified atom stereocenters. The summed E-state index contributed by atoms with van der Waals surface area (Å²) in [5.41, 5.74) is 2.91. The number of ether oxygens (including phenoxy) is 2. The van der Waals surface area contributed by atoms with Crippen molar-refractivity contribution in [3.8, 4) is 22.6 Å². The molecule has 1 saturated carbocycles. The molecule has 2 fully saturated rings. The normalized spacial score (nSPS) is 21.0. The topological polar surface area (TPSA) is 96.4 Å². The maximum Gasteiger partial charge on any atom is 0.461 e. The first-order chi connectivity index (χ1) is 21.3. The fraction of sp³-hybridized carbons (Fsp3) is 0.400. The zero-order valence-electron chi connectivity index (χ0n) is 25.5. The van der Waals surface area contributed by atoms with E-state index in [1.807, 2.05) is 36.4 Å². The van der Waals surface area contributed by atoms with Crippen LogP contribution in [0.3, 0.4) is 0 Å². The van der Waals surface area contributed by atoms with Gasteiger partial charge in [-0.05, 0) is 93.0 Å². The van der Waals surface area contributed by atoms with Gasteiger partial charge in [0.2, 0.25) is 11.7 Å². The van der Waals surface area contributed by atoms with Gasteiger partial charge >= 0.3 is 12.2 Å². The number of phenols is 1. The van der Waals surface area contributed by atoms with Crippen LogP contribution in [-0.4, -0.2) is 58.6 Å². The number of piperidine rings is 1. The molecule has 2 atom stereocenters. The quantitative estimate of drug-likeness (QED) is 0.342. The standard InChI is InChI=1S/C35H36F2N2O6/c1-34(2,3)45-33(43)38-16-15-28(23-6-4-5-22(17-23)21-7-12-27(40)13-8-21)29(20-38)32(42)39(25-9-10-25)26-11-14-30-24(18-26)19-31(41)35(36,37)44-30/h4-8,11-14,17-18,25,28-29,40H,9-10,15-16,19-20H2,1-3H3/t28-,29+/m1/s1. The van der Waals surface area contributed by atoms with Gasteiger partial charge in [-0.25, -0.2) is 4.79 Å². The lowest BCUT2D eigenvalue weighted by molar-refractivity contribution is -0.193. The number of halogens is 2. The minimum Gasteiger partial charge on any atom is -0.508 e. The van der Waals surface area contributed by atoms with Crippen LogP contribution in [0.2, 0.25) is 0 Å². The van der Waals surface area contributed by atoms with Crippen molar-refractivity contribution < 1.29 is 37.7 Å². The number of benzene rings is 3. The maximum absolute atomic E-state index is 14.6. The number of hydrogen-bond acceptors (Lipinski definition) is 6. The Balaban J connectivity index is 1.35. The molecule has 8 nitrogen and oxygen atoms in total. The van der Waals surface area contributed by atoms with E-state index in [0.717, 1.165) is 29.5 Å². The van der Waals surface area contributed by atoms with Gasteiger partial charge < -0.3 is 24.4 Å². The van der Waals surface area contributed by atoms with Crippen LogP contribution in [-0.2, 0) is 20.7 Å². The summed E-state index contributed by atoms with van der Waals surface area (Å²) < 4.78 is 38.2. The molecule has 3 aromatic carbocycles. The summed E-state index contributed by atoms with van der Waals surface area (Å²) in [6.45, 7) is 5.94. The summed E-state index contributed by atoms with van der Waals surface area (Å²) in [6, 6.07) is 19.3. The van der Waals surface area contributed by atoms with E-state index in [2.05, 4.69) is 4.74 Å². The Labute approximate surface area is 260 Å². The third-order valence-corrected chi connectivity index (χ3v) is 8.48. The molecule has 2 heterocycles. The highest BCUT2D eigenvalue weighted by molar-refractivity contribution is 5.98. The lowest BCUT2D eigenvalue weighted by atomic mass is 9.78. The highest BCUT2D eigenvalue weighted by Crippen LogP contribution is 2.42. The van der Waals surface area contributed by atoms with E-state index in [9.17, 15) is 28.3 Å². The SMILES string of the molecule is CC(C)(C)OC(=O)N1CC[C@H](c2cccc(-c3ccc(O)cc3)c2)[C@@H](C(=O)N(c2ccc3c(c2)CC(=O)C(F)(F)O3)C2CC2)C1. The summed E-state index contributed by atoms with van der Waals surface area (Å²) in [5.74, 6) is -2.27. The van der Waals surface area contributed by atoms with Gasteiger partial charge in [-0.3, -0.25) is 9.59 Å². The molecule has 1 saturated heterocycles. The number of amides is 2. The van der Waals surface area contributed by atoms with Gasteiger partial charge in [-0.2, -0.15) is 8.78 Å². The molecule has 0 bridgehead atoms. The second-order valence-corrected chi connectivity index (χ2v) is 13.1. The zero-order chi connectivity index (χ0) is 32.1. The molecule has 0 radical (unpaired) electrons. The van der Waals surface area contributed by atoms with Crippen LogP contribution < -0.4 is 9.64 Å². The van der Waals surface area contributed by atoms with Crippen LogP contribution in [0.4, 0.5) is 19.3 Å². The van der Waals surface area contributed by atoms with Crippen molar-refractivity contribution in [2.24, 2.45) is 5.92 Å². The van der Waals surface area contributed by atoms with E-state index >= 15 is 0 Å². The molecule has 3 aliphatic rings. The first-order valence-corrected chi connectivity index (χ1v) is 15.2. The molecule has 3 aromatic rings. The van der Waals surface area contributed by atoms with E-state index in [4.69, 9.17) is 4.74 Å². The summed E-state index contributed by atoms with van der Waals surface area (Å²) in [6.07, 6.45) is -2.78.